The molecule has 2 aromatic heterocycles. The van der Waals surface area contributed by atoms with Crippen LogP contribution in [0.15, 0.2) is 72.3 Å². The molecule has 5 rings (SSSR count). The maximum absolute atomic E-state index is 13.1. The Morgan fingerprint density at radius 3 is 2.78 bits per heavy atom. The highest BCUT2D eigenvalue weighted by molar-refractivity contribution is 9.10. The van der Waals surface area contributed by atoms with E-state index in [9.17, 15) is 14.9 Å². The van der Waals surface area contributed by atoms with Gasteiger partial charge < -0.3 is 15.5 Å². The number of rotatable bonds is 6. The van der Waals surface area contributed by atoms with Crippen molar-refractivity contribution in [3.8, 4) is 6.07 Å². The van der Waals surface area contributed by atoms with Crippen LogP contribution in [0.4, 0.5) is 10.8 Å². The minimum Gasteiger partial charge on any atom is -0.465 e. The van der Waals surface area contributed by atoms with Gasteiger partial charge in [0, 0.05) is 27.9 Å². The van der Waals surface area contributed by atoms with Crippen molar-refractivity contribution in [1.82, 2.24) is 10.2 Å². The zero-order valence-electron chi connectivity index (χ0n) is 19.7. The van der Waals surface area contributed by atoms with E-state index in [1.807, 2.05) is 37.3 Å². The Morgan fingerprint density at radius 1 is 1.30 bits per heavy atom. The van der Waals surface area contributed by atoms with Crippen LogP contribution in [-0.4, -0.2) is 27.6 Å². The van der Waals surface area contributed by atoms with Gasteiger partial charge in [-0.2, -0.15) is 5.26 Å². The number of carbonyl (C=O) groups is 2. The van der Waals surface area contributed by atoms with Gasteiger partial charge in [0.2, 0.25) is 11.0 Å². The maximum atomic E-state index is 13.1. The van der Waals surface area contributed by atoms with E-state index in [4.69, 9.17) is 10.2 Å². The highest BCUT2D eigenvalue weighted by atomic mass is 79.9. The van der Waals surface area contributed by atoms with Crippen molar-refractivity contribution in [2.24, 2.45) is 5.73 Å². The van der Waals surface area contributed by atoms with Crippen molar-refractivity contribution >= 4 is 61.5 Å². The second-order valence-electron chi connectivity index (χ2n) is 8.46. The maximum Gasteiger partial charge on any atom is 0.234 e. The van der Waals surface area contributed by atoms with Gasteiger partial charge in [0.25, 0.3) is 0 Å². The Hall–Kier alpha value is -3.40. The number of aryl methyl sites for hydroxylation is 1. The Balaban J connectivity index is 1.40. The number of thioether (sulfide) groups is 1. The molecule has 1 aromatic carbocycles. The summed E-state index contributed by atoms with van der Waals surface area (Å²) in [6.07, 6.45) is 1.67. The molecule has 9 nitrogen and oxygen atoms in total. The van der Waals surface area contributed by atoms with Gasteiger partial charge in [-0.3, -0.25) is 14.5 Å². The van der Waals surface area contributed by atoms with E-state index in [0.717, 1.165) is 4.47 Å². The number of carbonyl (C=O) groups excluding carboxylic acids is 2. The van der Waals surface area contributed by atoms with Crippen molar-refractivity contribution in [1.29, 1.82) is 5.26 Å². The molecule has 0 fully saturated rings. The largest absolute Gasteiger partial charge is 0.465 e. The molecule has 0 spiro atoms. The zero-order chi connectivity index (χ0) is 26.1. The van der Waals surface area contributed by atoms with Crippen LogP contribution in [0.25, 0.3) is 0 Å². The van der Waals surface area contributed by atoms with Crippen molar-refractivity contribution < 1.29 is 14.0 Å². The van der Waals surface area contributed by atoms with Crippen LogP contribution in [0.1, 0.15) is 36.7 Å². The third-order valence-electron chi connectivity index (χ3n) is 6.00. The number of furan rings is 1. The predicted octanol–water partition coefficient (Wildman–Crippen LogP) is 5.24. The third-order valence-corrected chi connectivity index (χ3v) is 8.57. The smallest absolute Gasteiger partial charge is 0.234 e. The number of nitrogens with two attached hydrogens (primary N) is 1. The minimum absolute atomic E-state index is 0.0331. The van der Waals surface area contributed by atoms with Gasteiger partial charge in [-0.25, -0.2) is 0 Å². The summed E-state index contributed by atoms with van der Waals surface area (Å²) in [5, 5.41) is 21.9. The number of nitriles is 1. The number of ketones is 1. The molecule has 1 aliphatic carbocycles. The molecular formula is C25H21BrN6O3S2. The van der Waals surface area contributed by atoms with E-state index in [1.54, 1.807) is 11.0 Å². The Kier molecular flexibility index (Phi) is 7.19. The lowest BCUT2D eigenvalue weighted by Gasteiger charge is -2.37. The van der Waals surface area contributed by atoms with Crippen LogP contribution in [0.5, 0.6) is 0 Å². The lowest BCUT2D eigenvalue weighted by molar-refractivity contribution is -0.116. The molecule has 37 heavy (non-hydrogen) atoms. The second-order valence-corrected chi connectivity index (χ2v) is 11.6. The summed E-state index contributed by atoms with van der Waals surface area (Å²) >= 11 is 5.87. The Labute approximate surface area is 229 Å². The Bertz CT molecular complexity index is 1480. The number of nitrogens with zero attached hydrogens (tertiary/aromatic N) is 4. The van der Waals surface area contributed by atoms with Gasteiger partial charge in [0.15, 0.2) is 10.1 Å². The fourth-order valence-electron chi connectivity index (χ4n) is 4.41. The number of anilines is 2. The molecule has 0 saturated heterocycles. The van der Waals surface area contributed by atoms with Gasteiger partial charge in [-0.05, 0) is 56.2 Å². The summed E-state index contributed by atoms with van der Waals surface area (Å²) in [6, 6.07) is 13.1. The molecule has 12 heteroatoms. The summed E-state index contributed by atoms with van der Waals surface area (Å²) in [6.45, 7) is 1.81. The first kappa shape index (κ1) is 25.3. The lowest BCUT2D eigenvalue weighted by atomic mass is 9.78. The van der Waals surface area contributed by atoms with Crippen LogP contribution in [0.2, 0.25) is 0 Å². The standard InChI is InChI=1S/C25H21BrN6O3S2/c1-13-5-10-19(35-13)21-16(11-27)23(28)32(17-3-2-4-18(33)22(17)21)24-30-31-25(37-24)36-12-20(34)29-15-8-6-14(26)7-9-15/h5-10,21H,2-4,12,28H2,1H3,(H,29,34). The van der Waals surface area contributed by atoms with Crippen molar-refractivity contribution in [2.45, 2.75) is 36.4 Å². The monoisotopic (exact) mass is 596 g/mol. The first-order chi connectivity index (χ1) is 17.9. The van der Waals surface area contributed by atoms with Crippen LogP contribution in [-0.2, 0) is 9.59 Å². The fraction of sp³-hybridized carbons (Fsp3) is 0.240. The minimum atomic E-state index is -0.651. The highest BCUT2D eigenvalue weighted by Crippen LogP contribution is 2.47. The summed E-state index contributed by atoms with van der Waals surface area (Å²) < 4.78 is 7.33. The molecule has 188 valence electrons. The van der Waals surface area contributed by atoms with Gasteiger partial charge in [-0.15, -0.1) is 10.2 Å². The number of aromatic nitrogens is 2. The Morgan fingerprint density at radius 2 is 2.08 bits per heavy atom. The predicted molar refractivity (Wildman–Crippen MR) is 145 cm³/mol. The molecule has 3 heterocycles. The van der Waals surface area contributed by atoms with Crippen LogP contribution in [0, 0.1) is 18.3 Å². The molecule has 1 unspecified atom stereocenters. The number of Topliss-reactive ketones (excluding diaryl/α,β-unsaturated/α-hetero) is 1. The highest BCUT2D eigenvalue weighted by Gasteiger charge is 2.42. The topological polar surface area (TPSA) is 138 Å². The average molecular weight is 598 g/mol. The molecule has 0 saturated carbocycles. The van der Waals surface area contributed by atoms with Crippen molar-refractivity contribution in [3.63, 3.8) is 0 Å². The van der Waals surface area contributed by atoms with Crippen LogP contribution in [0.3, 0.4) is 0 Å². The summed E-state index contributed by atoms with van der Waals surface area (Å²) in [7, 11) is 0. The normalized spacial score (nSPS) is 17.6. The van der Waals surface area contributed by atoms with Gasteiger partial charge in [0.05, 0.1) is 23.3 Å². The van der Waals surface area contributed by atoms with Crippen molar-refractivity contribution in [3.05, 3.63) is 75.1 Å². The van der Waals surface area contributed by atoms with E-state index < -0.39 is 5.92 Å². The number of benzene rings is 1. The molecule has 2 aliphatic rings. The van der Waals surface area contributed by atoms with E-state index in [0.29, 0.717) is 57.2 Å². The zero-order valence-corrected chi connectivity index (χ0v) is 22.9. The number of hydrogen-bond acceptors (Lipinski definition) is 10. The summed E-state index contributed by atoms with van der Waals surface area (Å²) in [5.74, 6) is 0.698. The number of halogens is 1. The molecule has 1 amide bonds. The van der Waals surface area contributed by atoms with E-state index >= 15 is 0 Å². The number of amides is 1. The number of hydrogen-bond donors (Lipinski definition) is 2. The van der Waals surface area contributed by atoms with E-state index in [1.165, 1.54) is 23.1 Å². The number of allylic oxidation sites excluding steroid dienone is 3. The van der Waals surface area contributed by atoms with E-state index in [-0.39, 0.29) is 28.8 Å². The van der Waals surface area contributed by atoms with Gasteiger partial charge in [-0.1, -0.05) is 39.0 Å². The van der Waals surface area contributed by atoms with Gasteiger partial charge in [0.1, 0.15) is 17.3 Å². The molecule has 1 atom stereocenters. The lowest BCUT2D eigenvalue weighted by Crippen LogP contribution is -2.38. The fourth-order valence-corrected chi connectivity index (χ4v) is 6.35. The van der Waals surface area contributed by atoms with E-state index in [2.05, 4.69) is 37.5 Å². The SMILES string of the molecule is Cc1ccc(C2C(C#N)=C(N)N(c3nnc(SCC(=O)Nc4ccc(Br)cc4)s3)C3=C2C(=O)CCC3)o1. The average Bonchev–Trinajstić information content (AvgIpc) is 3.52. The van der Waals surface area contributed by atoms with Gasteiger partial charge >= 0.3 is 0 Å². The molecule has 0 radical (unpaired) electrons. The van der Waals surface area contributed by atoms with Crippen LogP contribution < -0.4 is 16.0 Å². The van der Waals surface area contributed by atoms with Crippen molar-refractivity contribution in [2.75, 3.05) is 16.0 Å². The molecular weight excluding hydrogens is 576 g/mol. The third kappa shape index (κ3) is 5.07. The summed E-state index contributed by atoms with van der Waals surface area (Å²) in [4.78, 5) is 27.2. The molecule has 1 aliphatic heterocycles. The first-order valence-electron chi connectivity index (χ1n) is 11.4. The van der Waals surface area contributed by atoms with Crippen LogP contribution >= 0.6 is 39.0 Å². The summed E-state index contributed by atoms with van der Waals surface area (Å²) in [5.41, 5.74) is 8.71. The molecule has 0 bridgehead atoms. The quantitative estimate of drug-likeness (QED) is 0.366. The first-order valence-corrected chi connectivity index (χ1v) is 14.0. The molecule has 3 N–H and O–H groups in total. The number of nitrogens with one attached hydrogen (secondary N) is 1. The molecule has 3 aromatic rings. The second kappa shape index (κ2) is 10.5.